The number of halogens is 6. The van der Waals surface area contributed by atoms with Crippen LogP contribution < -0.4 is 5.32 Å². The molecule has 4 rings (SSSR count). The molecule has 0 bridgehead atoms. The van der Waals surface area contributed by atoms with Crippen LogP contribution in [0.25, 0.3) is 6.08 Å². The molecule has 0 aromatic heterocycles. The van der Waals surface area contributed by atoms with Crippen molar-refractivity contribution in [2.24, 2.45) is 5.92 Å². The molecule has 2 unspecified atom stereocenters. The second-order valence-corrected chi connectivity index (χ2v) is 10.9. The molecule has 1 fully saturated rings. The Balaban J connectivity index is 1.51. The van der Waals surface area contributed by atoms with Crippen molar-refractivity contribution in [3.8, 4) is 0 Å². The predicted molar refractivity (Wildman–Crippen MR) is 142 cm³/mol. The second-order valence-electron chi connectivity index (χ2n) is 8.18. The molecule has 0 aliphatic heterocycles. The van der Waals surface area contributed by atoms with Crippen molar-refractivity contribution in [1.82, 2.24) is 0 Å². The highest BCUT2D eigenvalue weighted by atomic mass is 35.5. The molecule has 1 aliphatic rings. The Morgan fingerprint density at radius 3 is 2.34 bits per heavy atom. The van der Waals surface area contributed by atoms with E-state index in [1.54, 1.807) is 30.3 Å². The lowest BCUT2D eigenvalue weighted by molar-refractivity contribution is -0.117. The minimum absolute atomic E-state index is 0.00899. The van der Waals surface area contributed by atoms with Crippen molar-refractivity contribution in [2.75, 3.05) is 5.32 Å². The van der Waals surface area contributed by atoms with Gasteiger partial charge in [-0.2, -0.15) is 0 Å². The van der Waals surface area contributed by atoms with Crippen molar-refractivity contribution >= 4 is 81.5 Å². The van der Waals surface area contributed by atoms with Gasteiger partial charge in [0.1, 0.15) is 10.2 Å². The van der Waals surface area contributed by atoms with Gasteiger partial charge in [0, 0.05) is 39.2 Å². The number of rotatable bonds is 7. The first-order valence-electron chi connectivity index (χ1n) is 10.4. The topological polar surface area (TPSA) is 46.2 Å². The van der Waals surface area contributed by atoms with Crippen molar-refractivity contribution in [2.45, 2.75) is 16.7 Å². The predicted octanol–water partition coefficient (Wildman–Crippen LogP) is 8.38. The van der Waals surface area contributed by atoms with E-state index >= 15 is 0 Å². The van der Waals surface area contributed by atoms with Gasteiger partial charge in [-0.25, -0.2) is 4.39 Å². The molecule has 3 aromatic carbocycles. The summed E-state index contributed by atoms with van der Waals surface area (Å²) in [5, 5.41) is 3.79. The maximum Gasteiger partial charge on any atom is 0.231 e. The average molecular weight is 572 g/mol. The zero-order valence-electron chi connectivity index (χ0n) is 17.9. The molecule has 3 aromatic rings. The second kappa shape index (κ2) is 10.1. The molecule has 0 saturated heterocycles. The fourth-order valence-corrected chi connectivity index (χ4v) is 5.59. The molecule has 1 amide bonds. The normalized spacial score (nSPS) is 18.1. The molecule has 1 saturated carbocycles. The minimum atomic E-state index is -1.34. The zero-order chi connectivity index (χ0) is 25.5. The van der Waals surface area contributed by atoms with E-state index in [0.29, 0.717) is 32.4 Å². The number of alkyl halides is 2. The van der Waals surface area contributed by atoms with E-state index in [2.05, 4.69) is 11.9 Å². The lowest BCUT2D eigenvalue weighted by atomic mass is 10.0. The van der Waals surface area contributed by atoms with E-state index in [1.807, 2.05) is 0 Å². The van der Waals surface area contributed by atoms with Crippen molar-refractivity contribution < 1.29 is 14.0 Å². The third-order valence-corrected chi connectivity index (χ3v) is 7.47. The summed E-state index contributed by atoms with van der Waals surface area (Å²) in [7, 11) is 0. The Kier molecular flexibility index (Phi) is 7.51. The van der Waals surface area contributed by atoms with Gasteiger partial charge < -0.3 is 5.32 Å². The summed E-state index contributed by atoms with van der Waals surface area (Å²) in [5.74, 6) is -2.41. The Hall–Kier alpha value is -2.08. The number of Topliss-reactive ketones (excluding diaryl/α,β-unsaturated/α-hetero) is 1. The standard InChI is InChI=1S/C26H17Cl5FNO2/c1-2-14-7-13(3-6-21(14)32)8-22(34)19-12-18(4-5-20(19)29)33-25(35)24-23(26(24,30)31)15-9-16(27)11-17(28)10-15/h2-7,9-12,23-24H,1,8H2,(H,33,35). The summed E-state index contributed by atoms with van der Waals surface area (Å²) < 4.78 is 12.4. The number of nitrogens with one attached hydrogen (secondary N) is 1. The molecular weight excluding hydrogens is 555 g/mol. The summed E-state index contributed by atoms with van der Waals surface area (Å²) in [6, 6.07) is 13.8. The highest BCUT2D eigenvalue weighted by molar-refractivity contribution is 6.53. The van der Waals surface area contributed by atoms with E-state index in [0.717, 1.165) is 0 Å². The number of benzene rings is 3. The SMILES string of the molecule is C=Cc1cc(CC(=O)c2cc(NC(=O)C3C(c4cc(Cl)cc(Cl)c4)C3(Cl)Cl)ccc2Cl)ccc1F. The molecule has 0 spiro atoms. The Bertz CT molecular complexity index is 1340. The summed E-state index contributed by atoms with van der Waals surface area (Å²) in [6.07, 6.45) is 1.37. The molecule has 3 nitrogen and oxygen atoms in total. The van der Waals surface area contributed by atoms with Crippen LogP contribution in [-0.4, -0.2) is 16.0 Å². The molecular formula is C26H17Cl5FNO2. The van der Waals surface area contributed by atoms with Gasteiger partial charge >= 0.3 is 0 Å². The molecule has 1 N–H and O–H groups in total. The van der Waals surface area contributed by atoms with Crippen LogP contribution in [0.5, 0.6) is 0 Å². The Morgan fingerprint density at radius 2 is 1.69 bits per heavy atom. The number of ketones is 1. The highest BCUT2D eigenvalue weighted by Crippen LogP contribution is 2.65. The van der Waals surface area contributed by atoms with Crippen LogP contribution in [0.4, 0.5) is 10.1 Å². The van der Waals surface area contributed by atoms with Gasteiger partial charge in [0.2, 0.25) is 5.91 Å². The van der Waals surface area contributed by atoms with Crippen molar-refractivity contribution in [3.05, 3.63) is 104 Å². The van der Waals surface area contributed by atoms with E-state index in [4.69, 9.17) is 58.0 Å². The van der Waals surface area contributed by atoms with Crippen LogP contribution >= 0.6 is 58.0 Å². The molecule has 2 atom stereocenters. The van der Waals surface area contributed by atoms with E-state index < -0.39 is 27.9 Å². The Labute approximate surface area is 226 Å². The van der Waals surface area contributed by atoms with Crippen LogP contribution in [0.3, 0.4) is 0 Å². The largest absolute Gasteiger partial charge is 0.326 e. The average Bonchev–Trinajstić information content (AvgIpc) is 3.37. The van der Waals surface area contributed by atoms with Crippen molar-refractivity contribution in [1.29, 1.82) is 0 Å². The van der Waals surface area contributed by atoms with Crippen LogP contribution in [0.2, 0.25) is 15.1 Å². The van der Waals surface area contributed by atoms with E-state index in [9.17, 15) is 14.0 Å². The lowest BCUT2D eigenvalue weighted by Crippen LogP contribution is -2.17. The van der Waals surface area contributed by atoms with Gasteiger partial charge in [-0.05, 0) is 59.7 Å². The first-order chi connectivity index (χ1) is 16.5. The van der Waals surface area contributed by atoms with Crippen LogP contribution in [-0.2, 0) is 11.2 Å². The van der Waals surface area contributed by atoms with Gasteiger partial charge in [-0.3, -0.25) is 9.59 Å². The molecule has 0 heterocycles. The van der Waals surface area contributed by atoms with Gasteiger partial charge in [-0.1, -0.05) is 53.5 Å². The smallest absolute Gasteiger partial charge is 0.231 e. The first kappa shape index (κ1) is 26.0. The fourth-order valence-electron chi connectivity index (χ4n) is 4.00. The van der Waals surface area contributed by atoms with Crippen molar-refractivity contribution in [3.63, 3.8) is 0 Å². The van der Waals surface area contributed by atoms with Crippen LogP contribution in [0, 0.1) is 11.7 Å². The zero-order valence-corrected chi connectivity index (χ0v) is 21.7. The summed E-state index contributed by atoms with van der Waals surface area (Å²) in [4.78, 5) is 25.9. The Morgan fingerprint density at radius 1 is 1.00 bits per heavy atom. The monoisotopic (exact) mass is 569 g/mol. The number of carbonyl (C=O) groups excluding carboxylic acids is 2. The summed E-state index contributed by atoms with van der Waals surface area (Å²) >= 11 is 31.2. The van der Waals surface area contributed by atoms with Gasteiger partial charge in [-0.15, -0.1) is 23.2 Å². The molecule has 0 radical (unpaired) electrons. The summed E-state index contributed by atoms with van der Waals surface area (Å²) in [5.41, 5.74) is 2.12. The number of hydrogen-bond acceptors (Lipinski definition) is 2. The summed E-state index contributed by atoms with van der Waals surface area (Å²) in [6.45, 7) is 3.57. The first-order valence-corrected chi connectivity index (χ1v) is 12.3. The number of anilines is 1. The fraction of sp³-hybridized carbons (Fsp3) is 0.154. The molecule has 180 valence electrons. The third-order valence-electron chi connectivity index (χ3n) is 5.76. The van der Waals surface area contributed by atoms with E-state index in [1.165, 1.54) is 30.3 Å². The van der Waals surface area contributed by atoms with Gasteiger partial charge in [0.25, 0.3) is 0 Å². The van der Waals surface area contributed by atoms with E-state index in [-0.39, 0.29) is 22.8 Å². The lowest BCUT2D eigenvalue weighted by Gasteiger charge is -2.10. The number of hydrogen-bond donors (Lipinski definition) is 1. The number of carbonyl (C=O) groups is 2. The molecule has 35 heavy (non-hydrogen) atoms. The van der Waals surface area contributed by atoms with Crippen LogP contribution in [0.15, 0.2) is 61.2 Å². The maximum absolute atomic E-state index is 13.7. The quantitative estimate of drug-likeness (QED) is 0.229. The minimum Gasteiger partial charge on any atom is -0.326 e. The third kappa shape index (κ3) is 5.52. The van der Waals surface area contributed by atoms with Crippen LogP contribution in [0.1, 0.15) is 33.0 Å². The molecule has 9 heteroatoms. The maximum atomic E-state index is 13.7. The van der Waals surface area contributed by atoms with Gasteiger partial charge in [0.15, 0.2) is 5.78 Å². The number of amides is 1. The highest BCUT2D eigenvalue weighted by Gasteiger charge is 2.67. The molecule has 1 aliphatic carbocycles. The van der Waals surface area contributed by atoms with Gasteiger partial charge in [0.05, 0.1) is 10.9 Å².